The third-order valence-corrected chi connectivity index (χ3v) is 5.54. The molecule has 1 saturated heterocycles. The molecule has 1 aromatic heterocycles. The summed E-state index contributed by atoms with van der Waals surface area (Å²) in [5, 5.41) is 9.04. The lowest BCUT2D eigenvalue weighted by Crippen LogP contribution is -2.34. The van der Waals surface area contributed by atoms with Crippen LogP contribution in [0.1, 0.15) is 40.4 Å². The number of aryl methyl sites for hydroxylation is 2. The number of halogens is 3. The topological polar surface area (TPSA) is 57.6 Å². The molecule has 1 fully saturated rings. The van der Waals surface area contributed by atoms with Crippen molar-refractivity contribution < 1.29 is 27.9 Å². The molecule has 0 radical (unpaired) electrons. The van der Waals surface area contributed by atoms with Crippen molar-refractivity contribution in [2.45, 2.75) is 39.3 Å². The molecule has 1 N–H and O–H groups in total. The molecule has 24 heavy (non-hydrogen) atoms. The van der Waals surface area contributed by atoms with Gasteiger partial charge in [0.1, 0.15) is 0 Å². The zero-order chi connectivity index (χ0) is 18.1. The molecule has 0 bridgehead atoms. The largest absolute Gasteiger partial charge is 0.481 e. The van der Waals surface area contributed by atoms with Crippen LogP contribution in [0.5, 0.6) is 0 Å². The highest BCUT2D eigenvalue weighted by atomic mass is 32.1. The summed E-state index contributed by atoms with van der Waals surface area (Å²) in [6, 6.07) is 1.73. The van der Waals surface area contributed by atoms with Crippen LogP contribution in [0.4, 0.5) is 13.2 Å². The summed E-state index contributed by atoms with van der Waals surface area (Å²) in [6.45, 7) is 2.99. The number of likely N-dealkylation sites (tertiary alicyclic amines) is 1. The molecule has 2 rings (SSSR count). The van der Waals surface area contributed by atoms with E-state index in [1.165, 1.54) is 11.3 Å². The number of nitrogens with zero attached hydrogens (tertiary/aromatic N) is 1. The van der Waals surface area contributed by atoms with E-state index in [1.807, 2.05) is 13.8 Å². The summed E-state index contributed by atoms with van der Waals surface area (Å²) >= 11 is 1.30. The maximum absolute atomic E-state index is 13.0. The van der Waals surface area contributed by atoms with E-state index in [-0.39, 0.29) is 0 Å². The number of amides is 1. The Hall–Kier alpha value is -1.57. The molecule has 2 atom stereocenters. The lowest BCUT2D eigenvalue weighted by molar-refractivity contribution is -0.187. The number of carbonyl (C=O) groups is 2. The summed E-state index contributed by atoms with van der Waals surface area (Å²) in [5.41, 5.74) is 1.03. The van der Waals surface area contributed by atoms with Gasteiger partial charge in [-0.25, -0.2) is 0 Å². The van der Waals surface area contributed by atoms with Gasteiger partial charge >= 0.3 is 12.1 Å². The maximum atomic E-state index is 13.0. The van der Waals surface area contributed by atoms with E-state index in [0.29, 0.717) is 4.88 Å². The zero-order valence-electron chi connectivity index (χ0n) is 13.5. The van der Waals surface area contributed by atoms with Crippen molar-refractivity contribution in [3.8, 4) is 0 Å². The third-order valence-electron chi connectivity index (χ3n) is 4.31. The van der Waals surface area contributed by atoms with Crippen molar-refractivity contribution in [1.82, 2.24) is 4.90 Å². The maximum Gasteiger partial charge on any atom is 0.394 e. The number of rotatable bonds is 5. The minimum atomic E-state index is -4.63. The quantitative estimate of drug-likeness (QED) is 0.870. The molecule has 0 aliphatic carbocycles. The summed E-state index contributed by atoms with van der Waals surface area (Å²) in [7, 11) is 0. The van der Waals surface area contributed by atoms with Gasteiger partial charge in [-0.05, 0) is 24.5 Å². The Morgan fingerprint density at radius 1 is 1.33 bits per heavy atom. The van der Waals surface area contributed by atoms with Crippen molar-refractivity contribution in [2.75, 3.05) is 13.1 Å². The second-order valence-electron chi connectivity index (χ2n) is 5.97. The standard InChI is InChI=1S/C16H20F3NO3S/c1-3-5-12-9(4-2)6-13(24-12)14(21)20-7-10(15(22)23)11(8-20)16(17,18)19/h6,10-11H,3-5,7-8H2,1-2H3,(H,22,23)/t10-,11-/m1/s1. The van der Waals surface area contributed by atoms with Gasteiger partial charge < -0.3 is 10.0 Å². The number of hydrogen-bond donors (Lipinski definition) is 1. The van der Waals surface area contributed by atoms with Gasteiger partial charge in [0.05, 0.1) is 16.7 Å². The van der Waals surface area contributed by atoms with E-state index >= 15 is 0 Å². The summed E-state index contributed by atoms with van der Waals surface area (Å²) < 4.78 is 39.1. The SMILES string of the molecule is CCCc1sc(C(=O)N2C[C@@H](C(F)(F)F)[C@H](C(=O)O)C2)cc1CC. The average Bonchev–Trinajstić information content (AvgIpc) is 3.10. The molecule has 0 aromatic carbocycles. The van der Waals surface area contributed by atoms with Crippen molar-refractivity contribution in [1.29, 1.82) is 0 Å². The zero-order valence-corrected chi connectivity index (χ0v) is 14.3. The van der Waals surface area contributed by atoms with Gasteiger partial charge in [0, 0.05) is 18.0 Å². The minimum absolute atomic E-state index is 0.391. The van der Waals surface area contributed by atoms with Crippen LogP contribution in [0.3, 0.4) is 0 Å². The Kier molecular flexibility index (Phi) is 5.57. The number of aliphatic carboxylic acids is 1. The predicted octanol–water partition coefficient (Wildman–Crippen LogP) is 3.60. The number of carbonyl (C=O) groups excluding carboxylic acids is 1. The van der Waals surface area contributed by atoms with Crippen LogP contribution in [0.2, 0.25) is 0 Å². The highest BCUT2D eigenvalue weighted by Gasteiger charge is 2.53. The first-order valence-corrected chi connectivity index (χ1v) is 8.71. The monoisotopic (exact) mass is 363 g/mol. The number of hydrogen-bond acceptors (Lipinski definition) is 3. The highest BCUT2D eigenvalue weighted by molar-refractivity contribution is 7.14. The van der Waals surface area contributed by atoms with Crippen molar-refractivity contribution in [2.24, 2.45) is 11.8 Å². The van der Waals surface area contributed by atoms with Crippen LogP contribution in [-0.4, -0.2) is 41.1 Å². The van der Waals surface area contributed by atoms with Crippen LogP contribution >= 0.6 is 11.3 Å². The van der Waals surface area contributed by atoms with Crippen LogP contribution in [0.25, 0.3) is 0 Å². The first-order chi connectivity index (χ1) is 11.2. The highest BCUT2D eigenvalue weighted by Crippen LogP contribution is 2.38. The summed E-state index contributed by atoms with van der Waals surface area (Å²) in [5.74, 6) is -5.64. The van der Waals surface area contributed by atoms with E-state index in [4.69, 9.17) is 5.11 Å². The number of carboxylic acids is 1. The Morgan fingerprint density at radius 3 is 2.46 bits per heavy atom. The van der Waals surface area contributed by atoms with Crippen molar-refractivity contribution in [3.63, 3.8) is 0 Å². The van der Waals surface area contributed by atoms with Gasteiger partial charge in [0.15, 0.2) is 0 Å². The molecule has 134 valence electrons. The van der Waals surface area contributed by atoms with Crippen LogP contribution in [0.15, 0.2) is 6.07 Å². The van der Waals surface area contributed by atoms with Gasteiger partial charge in [-0.15, -0.1) is 11.3 Å². The number of thiophene rings is 1. The Labute approximate surface area is 142 Å². The van der Waals surface area contributed by atoms with Gasteiger partial charge in [0.25, 0.3) is 5.91 Å². The minimum Gasteiger partial charge on any atom is -0.481 e. The van der Waals surface area contributed by atoms with E-state index in [2.05, 4.69) is 0 Å². The molecule has 2 heterocycles. The molecule has 1 amide bonds. The number of alkyl halides is 3. The Bertz CT molecular complexity index is 627. The van der Waals surface area contributed by atoms with Gasteiger partial charge in [-0.1, -0.05) is 20.3 Å². The van der Waals surface area contributed by atoms with Gasteiger partial charge in [-0.3, -0.25) is 9.59 Å². The lowest BCUT2D eigenvalue weighted by atomic mass is 9.96. The van der Waals surface area contributed by atoms with Crippen molar-refractivity contribution in [3.05, 3.63) is 21.4 Å². The Morgan fingerprint density at radius 2 is 2.00 bits per heavy atom. The van der Waals surface area contributed by atoms with E-state index in [0.717, 1.165) is 34.6 Å². The van der Waals surface area contributed by atoms with Crippen molar-refractivity contribution >= 4 is 23.2 Å². The first-order valence-electron chi connectivity index (χ1n) is 7.89. The fourth-order valence-corrected chi connectivity index (χ4v) is 4.34. The second-order valence-corrected chi connectivity index (χ2v) is 7.10. The lowest BCUT2D eigenvalue weighted by Gasteiger charge is -2.18. The Balaban J connectivity index is 2.23. The van der Waals surface area contributed by atoms with Crippen LogP contribution in [0, 0.1) is 11.8 Å². The molecule has 0 spiro atoms. The van der Waals surface area contributed by atoms with E-state index in [1.54, 1.807) is 6.07 Å². The first kappa shape index (κ1) is 18.8. The molecule has 0 unspecified atom stereocenters. The average molecular weight is 363 g/mol. The third kappa shape index (κ3) is 3.74. The molecule has 0 saturated carbocycles. The molecular formula is C16H20F3NO3S. The molecule has 1 aliphatic heterocycles. The van der Waals surface area contributed by atoms with Crippen LogP contribution in [-0.2, 0) is 17.6 Å². The normalized spacial score (nSPS) is 21.3. The van der Waals surface area contributed by atoms with Gasteiger partial charge in [0.2, 0.25) is 0 Å². The van der Waals surface area contributed by atoms with E-state index < -0.39 is 43.0 Å². The molecule has 1 aliphatic rings. The summed E-state index contributed by atoms with van der Waals surface area (Å²) in [4.78, 5) is 26.2. The van der Waals surface area contributed by atoms with E-state index in [9.17, 15) is 22.8 Å². The molecular weight excluding hydrogens is 343 g/mol. The molecule has 1 aromatic rings. The molecule has 4 nitrogen and oxygen atoms in total. The van der Waals surface area contributed by atoms with Crippen LogP contribution < -0.4 is 0 Å². The summed E-state index contributed by atoms with van der Waals surface area (Å²) in [6.07, 6.45) is -2.14. The second kappa shape index (κ2) is 7.13. The molecule has 8 heteroatoms. The van der Waals surface area contributed by atoms with Gasteiger partial charge in [-0.2, -0.15) is 13.2 Å². The fraction of sp³-hybridized carbons (Fsp3) is 0.625. The predicted molar refractivity (Wildman–Crippen MR) is 84.3 cm³/mol. The number of carboxylic acid groups (broad SMARTS) is 1. The smallest absolute Gasteiger partial charge is 0.394 e. The fourth-order valence-electron chi connectivity index (χ4n) is 3.02.